The summed E-state index contributed by atoms with van der Waals surface area (Å²) in [5, 5.41) is 0.873. The molecule has 1 N–H and O–H groups in total. The van der Waals surface area contributed by atoms with E-state index in [2.05, 4.69) is 21.8 Å². The number of hydrogen-bond donors (Lipinski definition) is 1. The lowest BCUT2D eigenvalue weighted by Crippen LogP contribution is -2.15. The molecular weight excluding hydrogens is 302 g/mol. The van der Waals surface area contributed by atoms with Crippen molar-refractivity contribution in [2.75, 3.05) is 18.5 Å². The summed E-state index contributed by atoms with van der Waals surface area (Å²) in [5.41, 5.74) is 3.37. The summed E-state index contributed by atoms with van der Waals surface area (Å²) in [7, 11) is 2.00. The predicted molar refractivity (Wildman–Crippen MR) is 96.5 cm³/mol. The summed E-state index contributed by atoms with van der Waals surface area (Å²) >= 11 is 0. The van der Waals surface area contributed by atoms with Gasteiger partial charge < -0.3 is 14.3 Å². The Hall–Kier alpha value is -3.08. The van der Waals surface area contributed by atoms with Crippen LogP contribution in [0, 0.1) is 0 Å². The molecule has 4 aromatic rings. The molecule has 0 spiro atoms. The molecule has 0 bridgehead atoms. The van der Waals surface area contributed by atoms with Crippen LogP contribution in [0.15, 0.2) is 57.7 Å². The summed E-state index contributed by atoms with van der Waals surface area (Å²) in [5.74, 6) is 0.529. The van der Waals surface area contributed by atoms with E-state index in [4.69, 9.17) is 4.42 Å². The second-order valence-corrected chi connectivity index (χ2v) is 5.79. The third-order valence-corrected chi connectivity index (χ3v) is 4.28. The number of hydrogen-bond acceptors (Lipinski definition) is 4. The van der Waals surface area contributed by atoms with Gasteiger partial charge in [0, 0.05) is 30.7 Å². The molecule has 0 aliphatic heterocycles. The molecule has 0 amide bonds. The van der Waals surface area contributed by atoms with Crippen LogP contribution in [0.2, 0.25) is 0 Å². The van der Waals surface area contributed by atoms with Crippen molar-refractivity contribution in [1.29, 1.82) is 0 Å². The van der Waals surface area contributed by atoms with Gasteiger partial charge in [0.25, 0.3) is 0 Å². The maximum atomic E-state index is 12.4. The molecule has 5 heteroatoms. The molecule has 0 fully saturated rings. The molecule has 24 heavy (non-hydrogen) atoms. The topological polar surface area (TPSA) is 62.1 Å². The first-order valence-corrected chi connectivity index (χ1v) is 7.90. The number of anilines is 1. The van der Waals surface area contributed by atoms with Crippen LogP contribution < -0.4 is 10.5 Å². The Balaban J connectivity index is 1.87. The molecule has 2 aromatic carbocycles. The molecule has 0 saturated heterocycles. The minimum atomic E-state index is -0.391. The summed E-state index contributed by atoms with van der Waals surface area (Å²) in [6.07, 6.45) is 0. The highest BCUT2D eigenvalue weighted by Crippen LogP contribution is 2.24. The van der Waals surface area contributed by atoms with Crippen molar-refractivity contribution in [3.05, 3.63) is 59.0 Å². The first-order chi connectivity index (χ1) is 11.7. The van der Waals surface area contributed by atoms with E-state index >= 15 is 0 Å². The van der Waals surface area contributed by atoms with E-state index in [1.807, 2.05) is 55.6 Å². The van der Waals surface area contributed by atoms with Crippen LogP contribution in [0.25, 0.3) is 33.4 Å². The summed E-state index contributed by atoms with van der Waals surface area (Å²) < 4.78 is 5.54. The zero-order valence-electron chi connectivity index (χ0n) is 13.5. The largest absolute Gasteiger partial charge is 0.422 e. The fourth-order valence-electron chi connectivity index (χ4n) is 2.77. The summed E-state index contributed by atoms with van der Waals surface area (Å²) in [4.78, 5) is 22.2. The van der Waals surface area contributed by atoms with Gasteiger partial charge in [0.15, 0.2) is 0 Å². The van der Waals surface area contributed by atoms with Crippen molar-refractivity contribution in [1.82, 2.24) is 9.97 Å². The second-order valence-electron chi connectivity index (χ2n) is 5.79. The number of aromatic amines is 1. The highest BCUT2D eigenvalue weighted by molar-refractivity contribution is 5.85. The number of H-pyrrole nitrogens is 1. The van der Waals surface area contributed by atoms with Gasteiger partial charge in [-0.15, -0.1) is 0 Å². The number of benzene rings is 2. The average molecular weight is 319 g/mol. The molecule has 0 atom stereocenters. The van der Waals surface area contributed by atoms with Gasteiger partial charge in [0.2, 0.25) is 0 Å². The Bertz CT molecular complexity index is 1060. The monoisotopic (exact) mass is 319 g/mol. The van der Waals surface area contributed by atoms with Gasteiger partial charge in [-0.3, -0.25) is 0 Å². The predicted octanol–water partition coefficient (Wildman–Crippen LogP) is 3.79. The van der Waals surface area contributed by atoms with Crippen molar-refractivity contribution in [2.45, 2.75) is 6.92 Å². The van der Waals surface area contributed by atoms with Gasteiger partial charge >= 0.3 is 5.63 Å². The number of nitrogens with one attached hydrogen (secondary N) is 1. The lowest BCUT2D eigenvalue weighted by atomic mass is 10.1. The molecule has 0 saturated carbocycles. The molecule has 2 heterocycles. The average Bonchev–Trinajstić information content (AvgIpc) is 3.03. The van der Waals surface area contributed by atoms with Crippen LogP contribution in [0.3, 0.4) is 0 Å². The smallest absolute Gasteiger partial charge is 0.347 e. The number of para-hydroxylation sites is 2. The van der Waals surface area contributed by atoms with E-state index in [9.17, 15) is 4.79 Å². The minimum absolute atomic E-state index is 0.391. The number of aromatic nitrogens is 2. The maximum absolute atomic E-state index is 12.4. The molecule has 120 valence electrons. The van der Waals surface area contributed by atoms with Crippen molar-refractivity contribution in [3.63, 3.8) is 0 Å². The minimum Gasteiger partial charge on any atom is -0.422 e. The Kier molecular flexibility index (Phi) is 3.34. The van der Waals surface area contributed by atoms with Gasteiger partial charge in [-0.25, -0.2) is 9.78 Å². The SMILES string of the molecule is CCN(C)c1ccc2cc(-c3nc4ccccc4[nH]3)c(=O)oc2c1. The van der Waals surface area contributed by atoms with Gasteiger partial charge in [0.1, 0.15) is 17.0 Å². The fraction of sp³-hybridized carbons (Fsp3) is 0.158. The van der Waals surface area contributed by atoms with Gasteiger partial charge in [-0.1, -0.05) is 12.1 Å². The molecule has 0 aliphatic rings. The first kappa shape index (κ1) is 14.5. The molecule has 2 aromatic heterocycles. The van der Waals surface area contributed by atoms with E-state index in [0.29, 0.717) is 17.0 Å². The summed E-state index contributed by atoms with van der Waals surface area (Å²) in [6, 6.07) is 15.4. The molecule has 0 aliphatic carbocycles. The Labute approximate surface area is 138 Å². The Morgan fingerprint density at radius 2 is 2.00 bits per heavy atom. The van der Waals surface area contributed by atoms with Crippen LogP contribution in [-0.2, 0) is 0 Å². The molecule has 4 rings (SSSR count). The first-order valence-electron chi connectivity index (χ1n) is 7.90. The molecule has 0 radical (unpaired) electrons. The van der Waals surface area contributed by atoms with E-state index in [0.717, 1.165) is 28.7 Å². The van der Waals surface area contributed by atoms with Crippen LogP contribution in [0.1, 0.15) is 6.92 Å². The highest BCUT2D eigenvalue weighted by atomic mass is 16.4. The number of imidazole rings is 1. The van der Waals surface area contributed by atoms with E-state index in [-0.39, 0.29) is 0 Å². The van der Waals surface area contributed by atoms with E-state index < -0.39 is 5.63 Å². The number of nitrogens with zero attached hydrogens (tertiary/aromatic N) is 2. The van der Waals surface area contributed by atoms with Crippen molar-refractivity contribution >= 4 is 27.7 Å². The van der Waals surface area contributed by atoms with Gasteiger partial charge in [0.05, 0.1) is 11.0 Å². The number of fused-ring (bicyclic) bond motifs is 2. The number of rotatable bonds is 3. The Morgan fingerprint density at radius 1 is 1.17 bits per heavy atom. The molecular formula is C19H17N3O2. The van der Waals surface area contributed by atoms with Crippen LogP contribution in [0.5, 0.6) is 0 Å². The van der Waals surface area contributed by atoms with Crippen molar-refractivity contribution < 1.29 is 4.42 Å². The molecule has 0 unspecified atom stereocenters. The zero-order chi connectivity index (χ0) is 16.7. The molecule has 5 nitrogen and oxygen atoms in total. The maximum Gasteiger partial charge on any atom is 0.347 e. The lowest BCUT2D eigenvalue weighted by molar-refractivity contribution is 0.563. The van der Waals surface area contributed by atoms with E-state index in [1.54, 1.807) is 0 Å². The van der Waals surface area contributed by atoms with Gasteiger partial charge in [-0.05, 0) is 37.3 Å². The summed E-state index contributed by atoms with van der Waals surface area (Å²) in [6.45, 7) is 2.96. The normalized spacial score (nSPS) is 11.2. The van der Waals surface area contributed by atoms with Crippen molar-refractivity contribution in [3.8, 4) is 11.4 Å². The van der Waals surface area contributed by atoms with Crippen molar-refractivity contribution in [2.24, 2.45) is 0 Å². The van der Waals surface area contributed by atoms with Crippen LogP contribution in [0.4, 0.5) is 5.69 Å². The zero-order valence-corrected chi connectivity index (χ0v) is 13.5. The Morgan fingerprint density at radius 3 is 2.79 bits per heavy atom. The van der Waals surface area contributed by atoms with E-state index in [1.165, 1.54) is 0 Å². The third-order valence-electron chi connectivity index (χ3n) is 4.28. The van der Waals surface area contributed by atoms with Gasteiger partial charge in [-0.2, -0.15) is 0 Å². The van der Waals surface area contributed by atoms with Crippen LogP contribution >= 0.6 is 0 Å². The fourth-order valence-corrected chi connectivity index (χ4v) is 2.77. The van der Waals surface area contributed by atoms with Crippen LogP contribution in [-0.4, -0.2) is 23.6 Å². The third kappa shape index (κ3) is 2.34. The standard InChI is InChI=1S/C19H17N3O2/c1-3-22(2)13-9-8-12-10-14(19(23)24-17(12)11-13)18-20-15-6-4-5-7-16(15)21-18/h4-11H,3H2,1-2H3,(H,20,21). The second kappa shape index (κ2) is 5.53. The highest BCUT2D eigenvalue weighted by Gasteiger charge is 2.12. The quantitative estimate of drug-likeness (QED) is 0.584. The lowest BCUT2D eigenvalue weighted by Gasteiger charge is -2.16.